The van der Waals surface area contributed by atoms with Crippen LogP contribution in [-0.4, -0.2) is 36.4 Å². The monoisotopic (exact) mass is 342 g/mol. The van der Waals surface area contributed by atoms with Crippen LogP contribution in [-0.2, 0) is 16.1 Å². The van der Waals surface area contributed by atoms with E-state index < -0.39 is 0 Å². The van der Waals surface area contributed by atoms with Gasteiger partial charge in [-0.3, -0.25) is 9.59 Å². The topological polar surface area (TPSA) is 58.6 Å². The molecule has 3 unspecified atom stereocenters. The summed E-state index contributed by atoms with van der Waals surface area (Å²) in [5.41, 5.74) is 1.04. The SMILES string of the molecule is O=C(NCCC(=O)N1CCOc2ccccc2C1)C1CC2CCC1C2. The minimum absolute atomic E-state index is 0.0774. The number of hydrogen-bond donors (Lipinski definition) is 1. The van der Waals surface area contributed by atoms with Crippen molar-refractivity contribution in [1.29, 1.82) is 0 Å². The highest BCUT2D eigenvalue weighted by Crippen LogP contribution is 2.48. The molecule has 0 saturated heterocycles. The van der Waals surface area contributed by atoms with E-state index in [-0.39, 0.29) is 17.7 Å². The van der Waals surface area contributed by atoms with Crippen LogP contribution in [0.25, 0.3) is 0 Å². The van der Waals surface area contributed by atoms with Gasteiger partial charge in [0.25, 0.3) is 0 Å². The number of carbonyl (C=O) groups is 2. The number of rotatable bonds is 4. The molecule has 2 amide bonds. The van der Waals surface area contributed by atoms with Gasteiger partial charge >= 0.3 is 0 Å². The lowest BCUT2D eigenvalue weighted by atomic mass is 9.88. The highest BCUT2D eigenvalue weighted by molar-refractivity contribution is 5.81. The lowest BCUT2D eigenvalue weighted by molar-refractivity contribution is -0.132. The third-order valence-electron chi connectivity index (χ3n) is 6.02. The first-order chi connectivity index (χ1) is 12.2. The fourth-order valence-corrected chi connectivity index (χ4v) is 4.69. The van der Waals surface area contributed by atoms with Crippen LogP contribution in [0.2, 0.25) is 0 Å². The standard InChI is InChI=1S/C20H26N2O3/c23-19(22-9-10-25-18-4-2-1-3-16(18)13-22)7-8-21-20(24)17-12-14-5-6-15(17)11-14/h1-4,14-15,17H,5-13H2,(H,21,24). The number of nitrogens with one attached hydrogen (secondary N) is 1. The lowest BCUT2D eigenvalue weighted by Gasteiger charge is -2.22. The number of ether oxygens (including phenoxy) is 1. The van der Waals surface area contributed by atoms with E-state index in [1.807, 2.05) is 29.2 Å². The van der Waals surface area contributed by atoms with Crippen molar-refractivity contribution in [3.8, 4) is 5.75 Å². The first kappa shape index (κ1) is 16.4. The average Bonchev–Trinajstić information content (AvgIpc) is 3.18. The number of fused-ring (bicyclic) bond motifs is 3. The van der Waals surface area contributed by atoms with Crippen LogP contribution in [0.5, 0.6) is 5.75 Å². The molecule has 25 heavy (non-hydrogen) atoms. The quantitative estimate of drug-likeness (QED) is 0.914. The zero-order valence-corrected chi connectivity index (χ0v) is 14.6. The molecule has 5 nitrogen and oxygen atoms in total. The summed E-state index contributed by atoms with van der Waals surface area (Å²) >= 11 is 0. The number of carbonyl (C=O) groups excluding carboxylic acids is 2. The average molecular weight is 342 g/mol. The summed E-state index contributed by atoms with van der Waals surface area (Å²) in [7, 11) is 0. The van der Waals surface area contributed by atoms with Gasteiger partial charge in [-0.05, 0) is 37.2 Å². The van der Waals surface area contributed by atoms with Crippen molar-refractivity contribution < 1.29 is 14.3 Å². The molecular weight excluding hydrogens is 316 g/mol. The van der Waals surface area contributed by atoms with Crippen LogP contribution >= 0.6 is 0 Å². The third-order valence-corrected chi connectivity index (χ3v) is 6.02. The van der Waals surface area contributed by atoms with Crippen LogP contribution in [0.4, 0.5) is 0 Å². The van der Waals surface area contributed by atoms with E-state index in [9.17, 15) is 9.59 Å². The number of nitrogens with zero attached hydrogens (tertiary/aromatic N) is 1. The summed E-state index contributed by atoms with van der Waals surface area (Å²) in [4.78, 5) is 26.7. The van der Waals surface area contributed by atoms with Gasteiger partial charge in [-0.1, -0.05) is 24.6 Å². The van der Waals surface area contributed by atoms with Crippen molar-refractivity contribution in [3.63, 3.8) is 0 Å². The van der Waals surface area contributed by atoms with Gasteiger partial charge in [0.05, 0.1) is 6.54 Å². The van der Waals surface area contributed by atoms with Crippen LogP contribution in [0.15, 0.2) is 24.3 Å². The van der Waals surface area contributed by atoms with Crippen LogP contribution in [0.1, 0.15) is 37.7 Å². The molecule has 2 fully saturated rings. The molecule has 0 aromatic heterocycles. The van der Waals surface area contributed by atoms with Crippen LogP contribution < -0.4 is 10.1 Å². The predicted octanol–water partition coefficient (Wildman–Crippen LogP) is 2.35. The van der Waals surface area contributed by atoms with Gasteiger partial charge in [-0.2, -0.15) is 0 Å². The second-order valence-electron chi connectivity index (χ2n) is 7.59. The van der Waals surface area contributed by atoms with Crippen molar-refractivity contribution in [2.45, 2.75) is 38.6 Å². The molecule has 1 N–H and O–H groups in total. The maximum absolute atomic E-state index is 12.5. The molecule has 3 atom stereocenters. The molecule has 2 bridgehead atoms. The lowest BCUT2D eigenvalue weighted by Crippen LogP contribution is -2.38. The molecule has 3 aliphatic rings. The zero-order valence-electron chi connectivity index (χ0n) is 14.6. The second-order valence-corrected chi connectivity index (χ2v) is 7.59. The largest absolute Gasteiger partial charge is 0.491 e. The van der Waals surface area contributed by atoms with Crippen LogP contribution in [0.3, 0.4) is 0 Å². The minimum atomic E-state index is 0.0774. The van der Waals surface area contributed by atoms with E-state index in [1.165, 1.54) is 19.3 Å². The van der Waals surface area contributed by atoms with Gasteiger partial charge in [-0.15, -0.1) is 0 Å². The molecule has 5 heteroatoms. The number of benzene rings is 1. The summed E-state index contributed by atoms with van der Waals surface area (Å²) in [5, 5.41) is 3.00. The molecule has 2 aliphatic carbocycles. The van der Waals surface area contributed by atoms with Gasteiger partial charge in [0, 0.05) is 31.0 Å². The molecule has 1 aromatic carbocycles. The maximum Gasteiger partial charge on any atom is 0.224 e. The number of para-hydroxylation sites is 1. The predicted molar refractivity (Wildman–Crippen MR) is 93.9 cm³/mol. The smallest absolute Gasteiger partial charge is 0.224 e. The van der Waals surface area contributed by atoms with Crippen molar-refractivity contribution in [1.82, 2.24) is 10.2 Å². The van der Waals surface area contributed by atoms with Crippen molar-refractivity contribution >= 4 is 11.8 Å². The fraction of sp³-hybridized carbons (Fsp3) is 0.600. The molecule has 0 spiro atoms. The summed E-state index contributed by atoms with van der Waals surface area (Å²) in [6.45, 7) is 2.12. The molecule has 2 saturated carbocycles. The summed E-state index contributed by atoms with van der Waals surface area (Å²) < 4.78 is 5.70. The van der Waals surface area contributed by atoms with Crippen molar-refractivity contribution in [3.05, 3.63) is 29.8 Å². The van der Waals surface area contributed by atoms with Gasteiger partial charge in [0.2, 0.25) is 11.8 Å². The Kier molecular flexibility index (Phi) is 4.64. The Morgan fingerprint density at radius 3 is 2.88 bits per heavy atom. The molecule has 1 aromatic rings. The van der Waals surface area contributed by atoms with E-state index >= 15 is 0 Å². The Balaban J connectivity index is 1.26. The van der Waals surface area contributed by atoms with Gasteiger partial charge in [0.15, 0.2) is 0 Å². The number of hydrogen-bond acceptors (Lipinski definition) is 3. The Morgan fingerprint density at radius 1 is 1.20 bits per heavy atom. The molecule has 1 heterocycles. The maximum atomic E-state index is 12.5. The molecule has 4 rings (SSSR count). The summed E-state index contributed by atoms with van der Waals surface area (Å²) in [6.07, 6.45) is 5.13. The highest BCUT2D eigenvalue weighted by Gasteiger charge is 2.42. The normalized spacial score (nSPS) is 27.4. The Labute approximate surface area is 148 Å². The first-order valence-electron chi connectivity index (χ1n) is 9.47. The third kappa shape index (κ3) is 3.51. The zero-order chi connectivity index (χ0) is 17.2. The van der Waals surface area contributed by atoms with Crippen LogP contribution in [0, 0.1) is 17.8 Å². The highest BCUT2D eigenvalue weighted by atomic mass is 16.5. The first-order valence-corrected chi connectivity index (χ1v) is 9.47. The molecular formula is C20H26N2O3. The number of amides is 2. The van der Waals surface area contributed by atoms with E-state index in [4.69, 9.17) is 4.74 Å². The van der Waals surface area contributed by atoms with Crippen molar-refractivity contribution in [2.75, 3.05) is 19.7 Å². The summed E-state index contributed by atoms with van der Waals surface area (Å²) in [5.74, 6) is 2.63. The van der Waals surface area contributed by atoms with E-state index in [2.05, 4.69) is 5.32 Å². The second kappa shape index (κ2) is 7.06. The van der Waals surface area contributed by atoms with E-state index in [0.29, 0.717) is 38.6 Å². The Hall–Kier alpha value is -2.04. The molecule has 0 radical (unpaired) electrons. The van der Waals surface area contributed by atoms with Gasteiger partial charge in [0.1, 0.15) is 12.4 Å². The Bertz CT molecular complexity index is 660. The van der Waals surface area contributed by atoms with Gasteiger partial charge in [-0.25, -0.2) is 0 Å². The minimum Gasteiger partial charge on any atom is -0.491 e. The molecule has 134 valence electrons. The fourth-order valence-electron chi connectivity index (χ4n) is 4.69. The summed E-state index contributed by atoms with van der Waals surface area (Å²) in [6, 6.07) is 7.85. The Morgan fingerprint density at radius 2 is 2.08 bits per heavy atom. The van der Waals surface area contributed by atoms with Crippen molar-refractivity contribution in [2.24, 2.45) is 17.8 Å². The molecule has 1 aliphatic heterocycles. The van der Waals surface area contributed by atoms with E-state index in [1.54, 1.807) is 0 Å². The van der Waals surface area contributed by atoms with E-state index in [0.717, 1.165) is 23.7 Å². The van der Waals surface area contributed by atoms with Gasteiger partial charge < -0.3 is 15.0 Å².